The summed E-state index contributed by atoms with van der Waals surface area (Å²) in [5.74, 6) is 0.757. The lowest BCUT2D eigenvalue weighted by Crippen LogP contribution is -2.67. The lowest BCUT2D eigenvalue weighted by atomic mass is 9.88. The molecule has 4 nitrogen and oxygen atoms in total. The molecule has 1 saturated carbocycles. The number of aromatic nitrogens is 1. The van der Waals surface area contributed by atoms with Gasteiger partial charge in [0, 0.05) is 44.0 Å². The smallest absolute Gasteiger partial charge is 0.213 e. The maximum atomic E-state index is 7.68. The average molecular weight is 246 g/mol. The first kappa shape index (κ1) is 9.75. The van der Waals surface area contributed by atoms with Crippen molar-refractivity contribution in [3.63, 3.8) is 0 Å². The summed E-state index contributed by atoms with van der Waals surface area (Å²) < 4.78 is 13.3. The fourth-order valence-corrected chi connectivity index (χ4v) is 2.88. The molecular weight excluding hydrogens is 226 g/mol. The zero-order valence-corrected chi connectivity index (χ0v) is 10.5. The standard InChI is InChI=1S/C14H19N3O/c1-4-14(18-13-2-3-13)16-6-10(1)9-17-11-5-12(17)8-15-7-11/h1,4,6,11-13,15H,2-3,5,7-9H2/i/hD. The Bertz CT molecular complexity index is 450. The molecule has 4 aliphatic rings. The number of nitrogens with zero attached hydrogens (tertiary/aromatic N) is 2. The second kappa shape index (κ2) is 4.21. The van der Waals surface area contributed by atoms with E-state index < -0.39 is 0 Å². The highest BCUT2D eigenvalue weighted by Gasteiger charge is 2.40. The van der Waals surface area contributed by atoms with Crippen LogP contribution in [0, 0.1) is 0 Å². The molecule has 3 aliphatic heterocycles. The van der Waals surface area contributed by atoms with Crippen molar-refractivity contribution in [2.45, 2.75) is 44.0 Å². The van der Waals surface area contributed by atoms with E-state index in [1.165, 1.54) is 24.8 Å². The summed E-state index contributed by atoms with van der Waals surface area (Å²) in [4.78, 5) is 6.89. The number of pyridine rings is 1. The van der Waals surface area contributed by atoms with E-state index in [4.69, 9.17) is 6.15 Å². The number of piperidine rings is 1. The minimum Gasteiger partial charge on any atom is -0.474 e. The van der Waals surface area contributed by atoms with Crippen LogP contribution < -0.4 is 10.0 Å². The lowest BCUT2D eigenvalue weighted by Gasteiger charge is -2.53. The molecule has 4 fully saturated rings. The molecule has 1 aliphatic carbocycles. The fraction of sp³-hybridized carbons (Fsp3) is 0.643. The van der Waals surface area contributed by atoms with Gasteiger partial charge in [0.2, 0.25) is 5.88 Å². The summed E-state index contributed by atoms with van der Waals surface area (Å²) in [6.07, 6.45) is 5.95. The van der Waals surface area contributed by atoms with E-state index in [2.05, 4.69) is 16.0 Å². The van der Waals surface area contributed by atoms with Crippen LogP contribution in [-0.2, 0) is 6.54 Å². The average Bonchev–Trinajstić information content (AvgIpc) is 3.21. The van der Waals surface area contributed by atoms with Crippen molar-refractivity contribution in [3.8, 4) is 5.88 Å². The molecule has 1 aromatic rings. The highest BCUT2D eigenvalue weighted by Crippen LogP contribution is 2.30. The van der Waals surface area contributed by atoms with Gasteiger partial charge in [-0.05, 0) is 24.8 Å². The summed E-state index contributed by atoms with van der Waals surface area (Å²) in [7, 11) is 0. The summed E-state index contributed by atoms with van der Waals surface area (Å²) in [5.41, 5.74) is 1.25. The second-order valence-electron chi connectivity index (χ2n) is 5.63. The fourth-order valence-electron chi connectivity index (χ4n) is 2.88. The molecule has 1 aromatic heterocycles. The van der Waals surface area contributed by atoms with Gasteiger partial charge in [-0.2, -0.15) is 0 Å². The first-order valence-corrected chi connectivity index (χ1v) is 6.89. The molecule has 0 aromatic carbocycles. The van der Waals surface area contributed by atoms with Crippen LogP contribution in [0.25, 0.3) is 0 Å². The molecule has 0 spiro atoms. The van der Waals surface area contributed by atoms with Gasteiger partial charge >= 0.3 is 0 Å². The van der Waals surface area contributed by atoms with Crippen molar-refractivity contribution >= 4 is 0 Å². The topological polar surface area (TPSA) is 37.4 Å². The molecule has 4 heteroatoms. The predicted molar refractivity (Wildman–Crippen MR) is 68.5 cm³/mol. The monoisotopic (exact) mass is 246 g/mol. The first-order valence-electron chi connectivity index (χ1n) is 7.34. The van der Waals surface area contributed by atoms with Crippen molar-refractivity contribution < 1.29 is 6.15 Å². The highest BCUT2D eigenvalue weighted by atomic mass is 16.5. The van der Waals surface area contributed by atoms with Gasteiger partial charge in [-0.15, -0.1) is 0 Å². The number of ether oxygens (including phenoxy) is 1. The van der Waals surface area contributed by atoms with Crippen molar-refractivity contribution in [3.05, 3.63) is 23.9 Å². The summed E-state index contributed by atoms with van der Waals surface area (Å²) >= 11 is 0. The summed E-state index contributed by atoms with van der Waals surface area (Å²) in [6, 6.07) is 5.24. The van der Waals surface area contributed by atoms with E-state index in [9.17, 15) is 0 Å². The lowest BCUT2D eigenvalue weighted by molar-refractivity contribution is -0.0207. The van der Waals surface area contributed by atoms with E-state index >= 15 is 0 Å². The SMILES string of the molecule is [2H]N1CC2CC(C1)N2Cc1ccc(OC2CC2)nc1. The third kappa shape index (κ3) is 1.99. The molecule has 2 bridgehead atoms. The number of rotatable bonds is 4. The van der Waals surface area contributed by atoms with E-state index in [1.54, 1.807) is 5.31 Å². The van der Waals surface area contributed by atoms with Crippen molar-refractivity contribution in [2.75, 3.05) is 13.1 Å². The summed E-state index contributed by atoms with van der Waals surface area (Å²) in [6.45, 7) is 2.72. The normalized spacial score (nSPS) is 32.8. The molecule has 0 amide bonds. The number of hydrogen-bond donors (Lipinski definition) is 1. The largest absolute Gasteiger partial charge is 0.474 e. The van der Waals surface area contributed by atoms with Crippen LogP contribution in [0.1, 0.15) is 24.8 Å². The van der Waals surface area contributed by atoms with E-state index in [0.29, 0.717) is 18.2 Å². The maximum Gasteiger partial charge on any atom is 0.213 e. The van der Waals surface area contributed by atoms with Crippen molar-refractivity contribution in [1.82, 2.24) is 15.2 Å². The Morgan fingerprint density at radius 1 is 1.39 bits per heavy atom. The van der Waals surface area contributed by atoms with Gasteiger partial charge in [-0.25, -0.2) is 4.98 Å². The molecule has 2 unspecified atom stereocenters. The van der Waals surface area contributed by atoms with E-state index in [1.807, 2.05) is 12.3 Å². The Kier molecular flexibility index (Phi) is 2.28. The molecule has 1 N–H and O–H groups in total. The van der Waals surface area contributed by atoms with Crippen LogP contribution in [0.5, 0.6) is 5.88 Å². The van der Waals surface area contributed by atoms with Crippen LogP contribution in [0.4, 0.5) is 0 Å². The summed E-state index contributed by atoms with van der Waals surface area (Å²) in [5, 5.41) is 1.69. The molecule has 96 valence electrons. The third-order valence-electron chi connectivity index (χ3n) is 4.14. The van der Waals surface area contributed by atoms with E-state index in [-0.39, 0.29) is 0 Å². The Balaban J connectivity index is 1.37. The van der Waals surface area contributed by atoms with Crippen LogP contribution in [0.2, 0.25) is 1.41 Å². The Hall–Kier alpha value is -1.13. The number of hydrogen-bond acceptors (Lipinski definition) is 4. The molecular formula is C14H19N3O. The second-order valence-corrected chi connectivity index (χ2v) is 5.63. The van der Waals surface area contributed by atoms with Gasteiger partial charge in [0.1, 0.15) is 7.52 Å². The third-order valence-corrected chi connectivity index (χ3v) is 4.14. The minimum atomic E-state index is 0.413. The molecule has 3 saturated heterocycles. The molecule has 4 heterocycles. The molecule has 2 atom stereocenters. The molecule has 0 radical (unpaired) electrons. The minimum absolute atomic E-state index is 0.413. The Morgan fingerprint density at radius 2 is 2.22 bits per heavy atom. The van der Waals surface area contributed by atoms with Gasteiger partial charge < -0.3 is 10.0 Å². The highest BCUT2D eigenvalue weighted by molar-refractivity contribution is 5.19. The Morgan fingerprint density at radius 3 is 2.89 bits per heavy atom. The quantitative estimate of drug-likeness (QED) is 0.865. The molecule has 5 rings (SSSR count). The van der Waals surface area contributed by atoms with Crippen LogP contribution >= 0.6 is 0 Å². The van der Waals surface area contributed by atoms with Gasteiger partial charge in [-0.1, -0.05) is 6.07 Å². The van der Waals surface area contributed by atoms with Crippen molar-refractivity contribution in [2.24, 2.45) is 0 Å². The maximum absolute atomic E-state index is 7.68. The van der Waals surface area contributed by atoms with Gasteiger partial charge in [0.05, 0.1) is 0 Å². The van der Waals surface area contributed by atoms with Crippen LogP contribution in [0.15, 0.2) is 18.3 Å². The van der Waals surface area contributed by atoms with Gasteiger partial charge in [0.25, 0.3) is 0 Å². The van der Waals surface area contributed by atoms with Gasteiger partial charge in [-0.3, -0.25) is 4.90 Å². The zero-order valence-electron chi connectivity index (χ0n) is 11.5. The van der Waals surface area contributed by atoms with E-state index in [0.717, 1.165) is 25.5 Å². The van der Waals surface area contributed by atoms with Crippen LogP contribution in [-0.4, -0.2) is 41.2 Å². The van der Waals surface area contributed by atoms with Gasteiger partial charge in [0.15, 0.2) is 0 Å². The first-order chi connectivity index (χ1) is 9.28. The van der Waals surface area contributed by atoms with Crippen molar-refractivity contribution in [1.29, 1.82) is 0 Å². The zero-order chi connectivity index (χ0) is 12.8. The van der Waals surface area contributed by atoms with Crippen LogP contribution in [0.3, 0.4) is 0 Å². The Labute approximate surface area is 109 Å². The number of nitrogens with one attached hydrogen (secondary N) is 1. The molecule has 18 heavy (non-hydrogen) atoms. The predicted octanol–water partition coefficient (Wildman–Crippen LogP) is 1.17. The number of piperazine rings is 1. The number of fused-ring (bicyclic) bond motifs is 2.